The van der Waals surface area contributed by atoms with Crippen LogP contribution in [0.4, 0.5) is 8.78 Å². The van der Waals surface area contributed by atoms with Crippen LogP contribution < -0.4 is 0 Å². The van der Waals surface area contributed by atoms with Crippen molar-refractivity contribution in [2.75, 3.05) is 6.54 Å². The molecule has 0 aromatic rings. The minimum Gasteiger partial charge on any atom is -0.211 e. The average Bonchev–Trinajstić information content (AvgIpc) is 2.18. The van der Waals surface area contributed by atoms with Crippen molar-refractivity contribution in [2.45, 2.75) is 31.2 Å². The summed E-state index contributed by atoms with van der Waals surface area (Å²) in [4.78, 5) is 13.2. The highest BCUT2D eigenvalue weighted by Gasteiger charge is 2.38. The van der Waals surface area contributed by atoms with Crippen LogP contribution in [-0.2, 0) is 14.8 Å². The summed E-state index contributed by atoms with van der Waals surface area (Å²) in [5.74, 6) is -3.47. The third kappa shape index (κ3) is 2.58. The van der Waals surface area contributed by atoms with Crippen molar-refractivity contribution >= 4 is 16.1 Å². The van der Waals surface area contributed by atoms with Gasteiger partial charge in [-0.1, -0.05) is 0 Å². The summed E-state index contributed by atoms with van der Waals surface area (Å²) in [6.45, 7) is -0.0253. The minimum absolute atomic E-state index is 0.0253. The lowest BCUT2D eigenvalue weighted by atomic mass is 10.1. The van der Waals surface area contributed by atoms with Crippen molar-refractivity contribution in [3.05, 3.63) is 0 Å². The first kappa shape index (κ1) is 12.2. The molecule has 0 N–H and O–H groups in total. The van der Waals surface area contributed by atoms with Crippen molar-refractivity contribution in [1.82, 2.24) is 4.31 Å². The van der Waals surface area contributed by atoms with Gasteiger partial charge in [0, 0.05) is 6.54 Å². The van der Waals surface area contributed by atoms with Crippen molar-refractivity contribution in [1.29, 1.82) is 0 Å². The molecule has 1 rings (SSSR count). The first-order valence-corrected chi connectivity index (χ1v) is 5.86. The van der Waals surface area contributed by atoms with E-state index in [1.54, 1.807) is 0 Å². The standard InChI is InChI=1S/C7H10F2N2O3S/c8-7(9)15(13,14)11-4-2-1-3-6(11)10-5-12/h6-7H,1-4H2. The summed E-state index contributed by atoms with van der Waals surface area (Å²) in [7, 11) is -4.64. The Morgan fingerprint density at radius 1 is 1.40 bits per heavy atom. The molecule has 0 aromatic heterocycles. The van der Waals surface area contributed by atoms with Gasteiger partial charge in [-0.05, 0) is 19.3 Å². The number of hydrogen-bond donors (Lipinski definition) is 0. The molecule has 1 unspecified atom stereocenters. The molecular formula is C7H10F2N2O3S. The summed E-state index contributed by atoms with van der Waals surface area (Å²) in [5.41, 5.74) is 0. The number of hydrogen-bond acceptors (Lipinski definition) is 4. The number of sulfonamides is 1. The molecular weight excluding hydrogens is 230 g/mol. The van der Waals surface area contributed by atoms with Crippen LogP contribution in [0, 0.1) is 0 Å². The largest absolute Gasteiger partial charge is 0.350 e. The lowest BCUT2D eigenvalue weighted by molar-refractivity contribution is 0.194. The van der Waals surface area contributed by atoms with E-state index in [4.69, 9.17) is 0 Å². The molecule has 1 aliphatic rings. The molecule has 1 heterocycles. The maximum Gasteiger partial charge on any atom is 0.350 e. The van der Waals surface area contributed by atoms with Crippen LogP contribution in [0.3, 0.4) is 0 Å². The fourth-order valence-electron chi connectivity index (χ4n) is 1.48. The van der Waals surface area contributed by atoms with E-state index >= 15 is 0 Å². The van der Waals surface area contributed by atoms with Gasteiger partial charge in [0.05, 0.1) is 0 Å². The van der Waals surface area contributed by atoms with Crippen LogP contribution in [0.2, 0.25) is 0 Å². The summed E-state index contributed by atoms with van der Waals surface area (Å²) < 4.78 is 47.4. The SMILES string of the molecule is O=C=NC1CCCCN1S(=O)(=O)C(F)F. The van der Waals surface area contributed by atoms with Gasteiger partial charge in [-0.15, -0.1) is 0 Å². The molecule has 0 saturated carbocycles. The molecule has 1 saturated heterocycles. The Bertz CT molecular complexity index is 364. The second-order valence-electron chi connectivity index (χ2n) is 3.11. The van der Waals surface area contributed by atoms with Gasteiger partial charge in [0.25, 0.3) is 10.0 Å². The molecule has 86 valence electrons. The van der Waals surface area contributed by atoms with Crippen molar-refractivity contribution in [2.24, 2.45) is 4.99 Å². The predicted molar refractivity (Wildman–Crippen MR) is 47.4 cm³/mol. The highest BCUT2D eigenvalue weighted by atomic mass is 32.2. The first-order chi connectivity index (χ1) is 7.00. The number of piperidine rings is 1. The Morgan fingerprint density at radius 2 is 2.07 bits per heavy atom. The molecule has 5 nitrogen and oxygen atoms in total. The zero-order chi connectivity index (χ0) is 11.5. The van der Waals surface area contributed by atoms with E-state index in [0.717, 1.165) is 0 Å². The molecule has 0 bridgehead atoms. The van der Waals surface area contributed by atoms with Gasteiger partial charge in [-0.25, -0.2) is 13.2 Å². The number of rotatable bonds is 3. The molecule has 1 atom stereocenters. The van der Waals surface area contributed by atoms with E-state index in [1.165, 1.54) is 6.08 Å². The van der Waals surface area contributed by atoms with E-state index in [9.17, 15) is 22.0 Å². The number of aliphatic imine (C=N–C) groups is 1. The minimum atomic E-state index is -4.64. The van der Waals surface area contributed by atoms with Crippen LogP contribution in [0.5, 0.6) is 0 Å². The number of carbonyl (C=O) groups excluding carboxylic acids is 1. The first-order valence-electron chi connectivity index (χ1n) is 4.36. The van der Waals surface area contributed by atoms with E-state index in [1.807, 2.05) is 0 Å². The number of isocyanates is 1. The van der Waals surface area contributed by atoms with Crippen molar-refractivity contribution < 1.29 is 22.0 Å². The molecule has 15 heavy (non-hydrogen) atoms. The highest BCUT2D eigenvalue weighted by molar-refractivity contribution is 7.89. The maximum absolute atomic E-state index is 12.2. The quantitative estimate of drug-likeness (QED) is 0.538. The fraction of sp³-hybridized carbons (Fsp3) is 0.857. The van der Waals surface area contributed by atoms with E-state index in [0.29, 0.717) is 17.1 Å². The monoisotopic (exact) mass is 240 g/mol. The third-order valence-corrected chi connectivity index (χ3v) is 3.71. The lowest BCUT2D eigenvalue weighted by Gasteiger charge is -2.30. The Morgan fingerprint density at radius 3 is 2.60 bits per heavy atom. The van der Waals surface area contributed by atoms with Crippen LogP contribution in [0.25, 0.3) is 0 Å². The Hall–Kier alpha value is -0.850. The van der Waals surface area contributed by atoms with Crippen molar-refractivity contribution in [3.63, 3.8) is 0 Å². The summed E-state index contributed by atoms with van der Waals surface area (Å²) in [5, 5.41) is 0. The molecule has 0 amide bonds. The van der Waals surface area contributed by atoms with Crippen molar-refractivity contribution in [3.8, 4) is 0 Å². The normalized spacial score (nSPS) is 23.8. The van der Waals surface area contributed by atoms with E-state index in [-0.39, 0.29) is 13.0 Å². The van der Waals surface area contributed by atoms with Crippen LogP contribution in [0.1, 0.15) is 19.3 Å². The smallest absolute Gasteiger partial charge is 0.211 e. The number of nitrogens with zero attached hydrogens (tertiary/aromatic N) is 2. The van der Waals surface area contributed by atoms with Gasteiger partial charge in [0.15, 0.2) is 0 Å². The van der Waals surface area contributed by atoms with Gasteiger partial charge < -0.3 is 0 Å². The maximum atomic E-state index is 12.2. The van der Waals surface area contributed by atoms with Gasteiger partial charge in [0.2, 0.25) is 6.08 Å². The second kappa shape index (κ2) is 4.78. The van der Waals surface area contributed by atoms with Crippen LogP contribution in [0.15, 0.2) is 4.99 Å². The Kier molecular flexibility index (Phi) is 3.90. The molecule has 0 spiro atoms. The van der Waals surface area contributed by atoms with Gasteiger partial charge in [-0.2, -0.15) is 18.1 Å². The number of halogens is 2. The van der Waals surface area contributed by atoms with Gasteiger partial charge in [0.1, 0.15) is 6.17 Å². The van der Waals surface area contributed by atoms with Crippen LogP contribution in [-0.4, -0.2) is 37.3 Å². The topological polar surface area (TPSA) is 66.8 Å². The molecule has 1 fully saturated rings. The lowest BCUT2D eigenvalue weighted by Crippen LogP contribution is -2.45. The predicted octanol–water partition coefficient (Wildman–Crippen LogP) is 0.687. The third-order valence-electron chi connectivity index (χ3n) is 2.18. The van der Waals surface area contributed by atoms with Crippen LogP contribution >= 0.6 is 0 Å². The second-order valence-corrected chi connectivity index (χ2v) is 4.97. The Labute approximate surface area is 85.8 Å². The molecule has 0 aliphatic carbocycles. The molecule has 0 radical (unpaired) electrons. The van der Waals surface area contributed by atoms with Gasteiger partial charge in [-0.3, -0.25) is 0 Å². The fourth-order valence-corrected chi connectivity index (χ4v) is 2.56. The van der Waals surface area contributed by atoms with E-state index in [2.05, 4.69) is 4.99 Å². The molecule has 1 aliphatic heterocycles. The summed E-state index contributed by atoms with van der Waals surface area (Å²) >= 11 is 0. The average molecular weight is 240 g/mol. The number of alkyl halides is 2. The zero-order valence-corrected chi connectivity index (χ0v) is 8.58. The summed E-state index contributed by atoms with van der Waals surface area (Å²) in [6.07, 6.45) is 1.62. The van der Waals surface area contributed by atoms with E-state index < -0.39 is 21.9 Å². The highest BCUT2D eigenvalue weighted by Crippen LogP contribution is 2.24. The van der Waals surface area contributed by atoms with Gasteiger partial charge >= 0.3 is 5.76 Å². The Balaban J connectivity index is 2.95. The zero-order valence-electron chi connectivity index (χ0n) is 7.77. The molecule has 8 heteroatoms. The molecule has 0 aromatic carbocycles. The summed E-state index contributed by atoms with van der Waals surface area (Å²) in [6, 6.07) is 0.